The molecule has 1 amide bonds. The summed E-state index contributed by atoms with van der Waals surface area (Å²) in [5, 5.41) is 14.5. The molecule has 2 fully saturated rings. The van der Waals surface area contributed by atoms with Gasteiger partial charge >= 0.3 is 0 Å². The van der Waals surface area contributed by atoms with Gasteiger partial charge < -0.3 is 10.4 Å². The molecule has 3 aromatic rings. The lowest BCUT2D eigenvalue weighted by Gasteiger charge is -2.39. The van der Waals surface area contributed by atoms with Gasteiger partial charge in [0.05, 0.1) is 0 Å². The lowest BCUT2D eigenvalue weighted by Crippen LogP contribution is -2.52. The van der Waals surface area contributed by atoms with Crippen molar-refractivity contribution in [1.29, 1.82) is 0 Å². The summed E-state index contributed by atoms with van der Waals surface area (Å²) in [7, 11) is 0. The van der Waals surface area contributed by atoms with Crippen LogP contribution in [0.1, 0.15) is 49.3 Å². The van der Waals surface area contributed by atoms with Crippen LogP contribution >= 0.6 is 0 Å². The fourth-order valence-electron chi connectivity index (χ4n) is 5.47. The summed E-state index contributed by atoms with van der Waals surface area (Å²) in [4.78, 5) is 22.6. The van der Waals surface area contributed by atoms with Gasteiger partial charge in [0.2, 0.25) is 5.91 Å². The van der Waals surface area contributed by atoms with Gasteiger partial charge in [0.1, 0.15) is 17.3 Å². The molecule has 1 aliphatic carbocycles. The average Bonchev–Trinajstić information content (AvgIpc) is 2.88. The van der Waals surface area contributed by atoms with E-state index in [1.165, 1.54) is 24.8 Å². The predicted octanol–water partition coefficient (Wildman–Crippen LogP) is 4.25. The van der Waals surface area contributed by atoms with Gasteiger partial charge in [-0.3, -0.25) is 19.6 Å². The van der Waals surface area contributed by atoms with Crippen molar-refractivity contribution in [1.82, 2.24) is 20.1 Å². The molecule has 34 heavy (non-hydrogen) atoms. The highest BCUT2D eigenvalue weighted by molar-refractivity contribution is 5.87. The number of nitrogens with one attached hydrogen (secondary N) is 1. The summed E-state index contributed by atoms with van der Waals surface area (Å²) in [6, 6.07) is 17.9. The Morgan fingerprint density at radius 3 is 2.50 bits per heavy atom. The highest BCUT2D eigenvalue weighted by atomic mass is 16.3. The minimum absolute atomic E-state index is 0.141. The zero-order valence-corrected chi connectivity index (χ0v) is 19.7. The first kappa shape index (κ1) is 22.8. The number of carbonyl (C=O) groups is 1. The number of benzene rings is 2. The molecule has 1 aliphatic heterocycles. The first-order valence-corrected chi connectivity index (χ1v) is 12.6. The summed E-state index contributed by atoms with van der Waals surface area (Å²) >= 11 is 0. The Kier molecular flexibility index (Phi) is 7.07. The van der Waals surface area contributed by atoms with Crippen molar-refractivity contribution in [2.45, 2.75) is 50.7 Å². The minimum Gasteiger partial charge on any atom is -0.506 e. The van der Waals surface area contributed by atoms with Crippen LogP contribution in [0.25, 0.3) is 10.9 Å². The molecule has 2 aromatic carbocycles. The maximum absolute atomic E-state index is 13.5. The van der Waals surface area contributed by atoms with Crippen molar-refractivity contribution < 1.29 is 9.90 Å². The second-order valence-electron chi connectivity index (χ2n) is 9.61. The number of hydrogen-bond donors (Lipinski definition) is 2. The number of amides is 1. The summed E-state index contributed by atoms with van der Waals surface area (Å²) in [5.41, 5.74) is 2.89. The summed E-state index contributed by atoms with van der Waals surface area (Å²) in [6.07, 6.45) is 7.60. The van der Waals surface area contributed by atoms with Gasteiger partial charge in [0, 0.05) is 50.3 Å². The second kappa shape index (κ2) is 10.5. The summed E-state index contributed by atoms with van der Waals surface area (Å²) in [6.45, 7) is 4.27. The van der Waals surface area contributed by atoms with Crippen LogP contribution in [0.2, 0.25) is 0 Å². The molecule has 6 nitrogen and oxygen atoms in total. The number of rotatable bonds is 6. The average molecular weight is 459 g/mol. The number of piperazine rings is 1. The Hall–Kier alpha value is -2.96. The van der Waals surface area contributed by atoms with Crippen LogP contribution in [-0.4, -0.2) is 58.0 Å². The van der Waals surface area contributed by atoms with Crippen molar-refractivity contribution in [2.75, 3.05) is 26.2 Å². The molecule has 1 atom stereocenters. The van der Waals surface area contributed by atoms with Gasteiger partial charge in [0.15, 0.2) is 0 Å². The lowest BCUT2D eigenvalue weighted by atomic mass is 9.94. The van der Waals surface area contributed by atoms with Gasteiger partial charge in [-0.05, 0) is 36.1 Å². The second-order valence-corrected chi connectivity index (χ2v) is 9.61. The number of aromatic nitrogens is 1. The van der Waals surface area contributed by atoms with E-state index in [1.54, 1.807) is 12.3 Å². The molecular weight excluding hydrogens is 424 g/mol. The highest BCUT2D eigenvalue weighted by Crippen LogP contribution is 2.28. The van der Waals surface area contributed by atoms with Crippen molar-refractivity contribution in [3.8, 4) is 5.75 Å². The molecule has 1 aromatic heterocycles. The molecule has 2 aliphatic rings. The molecule has 0 bridgehead atoms. The highest BCUT2D eigenvalue weighted by Gasteiger charge is 2.32. The van der Waals surface area contributed by atoms with Gasteiger partial charge in [-0.25, -0.2) is 0 Å². The van der Waals surface area contributed by atoms with E-state index in [9.17, 15) is 9.90 Å². The molecule has 2 N–H and O–H groups in total. The number of phenols is 1. The third kappa shape index (κ3) is 5.08. The molecule has 1 saturated carbocycles. The molecule has 1 saturated heterocycles. The Morgan fingerprint density at radius 1 is 0.971 bits per heavy atom. The van der Waals surface area contributed by atoms with E-state index in [2.05, 4.69) is 32.2 Å². The number of nitrogens with zero attached hydrogens (tertiary/aromatic N) is 3. The van der Waals surface area contributed by atoms with Crippen molar-refractivity contribution in [2.24, 2.45) is 0 Å². The van der Waals surface area contributed by atoms with E-state index in [0.29, 0.717) is 11.6 Å². The van der Waals surface area contributed by atoms with Crippen molar-refractivity contribution in [3.05, 3.63) is 71.9 Å². The molecule has 0 spiro atoms. The Bertz CT molecular complexity index is 1110. The normalized spacial score (nSPS) is 19.2. The van der Waals surface area contributed by atoms with Crippen LogP contribution in [0.5, 0.6) is 5.75 Å². The van der Waals surface area contributed by atoms with Crippen molar-refractivity contribution in [3.63, 3.8) is 0 Å². The molecule has 2 heterocycles. The third-order valence-electron chi connectivity index (χ3n) is 7.32. The van der Waals surface area contributed by atoms with Crippen LogP contribution in [0.3, 0.4) is 0 Å². The molecular formula is C28H34N4O2. The van der Waals surface area contributed by atoms with Gasteiger partial charge in [0.25, 0.3) is 0 Å². The molecule has 1 unspecified atom stereocenters. The van der Waals surface area contributed by atoms with Crippen LogP contribution < -0.4 is 5.32 Å². The fourth-order valence-corrected chi connectivity index (χ4v) is 5.47. The van der Waals surface area contributed by atoms with Gasteiger partial charge in [-0.1, -0.05) is 61.7 Å². The molecule has 6 heteroatoms. The summed E-state index contributed by atoms with van der Waals surface area (Å²) in [5.74, 6) is 0.362. The number of aromatic hydroxyl groups is 1. The Morgan fingerprint density at radius 2 is 1.74 bits per heavy atom. The van der Waals surface area contributed by atoms with Crippen LogP contribution in [0, 0.1) is 0 Å². The quantitative estimate of drug-likeness (QED) is 0.578. The van der Waals surface area contributed by atoms with E-state index >= 15 is 0 Å². The lowest BCUT2D eigenvalue weighted by molar-refractivity contribution is -0.128. The van der Waals surface area contributed by atoms with Gasteiger partial charge in [-0.2, -0.15) is 0 Å². The fraction of sp³-hybridized carbons (Fsp3) is 0.429. The maximum Gasteiger partial charge on any atom is 0.242 e. The Balaban J connectivity index is 1.27. The minimum atomic E-state index is -0.246. The predicted molar refractivity (Wildman–Crippen MR) is 134 cm³/mol. The number of fused-ring (bicyclic) bond motifs is 1. The maximum atomic E-state index is 13.5. The van der Waals surface area contributed by atoms with E-state index in [1.807, 2.05) is 36.4 Å². The van der Waals surface area contributed by atoms with Crippen LogP contribution in [0.4, 0.5) is 0 Å². The van der Waals surface area contributed by atoms with Gasteiger partial charge in [-0.15, -0.1) is 0 Å². The molecule has 5 rings (SSSR count). The number of pyridine rings is 1. The van der Waals surface area contributed by atoms with E-state index in [4.69, 9.17) is 0 Å². The monoisotopic (exact) mass is 458 g/mol. The summed E-state index contributed by atoms with van der Waals surface area (Å²) < 4.78 is 0. The zero-order chi connectivity index (χ0) is 23.3. The smallest absolute Gasteiger partial charge is 0.242 e. The number of phenolic OH excluding ortho intramolecular Hbond substituents is 1. The van der Waals surface area contributed by atoms with E-state index < -0.39 is 0 Å². The Labute approximate surface area is 201 Å². The van der Waals surface area contributed by atoms with Crippen LogP contribution in [-0.2, 0) is 11.3 Å². The third-order valence-corrected chi connectivity index (χ3v) is 7.32. The molecule has 0 radical (unpaired) electrons. The van der Waals surface area contributed by atoms with Crippen LogP contribution in [0.15, 0.2) is 60.8 Å². The topological polar surface area (TPSA) is 68.7 Å². The van der Waals surface area contributed by atoms with E-state index in [-0.39, 0.29) is 17.7 Å². The zero-order valence-electron chi connectivity index (χ0n) is 19.7. The first-order chi connectivity index (χ1) is 16.7. The van der Waals surface area contributed by atoms with Crippen molar-refractivity contribution >= 4 is 16.8 Å². The standard InChI is InChI=1S/C28H34N4O2/c33-25-14-13-22(24-12-7-15-29-26(24)25)20-31-16-18-32(19-17-31)27(21-8-3-1-4-9-21)28(34)30-23-10-5-2-6-11-23/h1,3-4,7-9,12-15,23,27,33H,2,5-6,10-11,16-20H2,(H,30,34). The number of hydrogen-bond acceptors (Lipinski definition) is 5. The molecule has 178 valence electrons. The van der Waals surface area contributed by atoms with E-state index in [0.717, 1.165) is 56.5 Å². The SMILES string of the molecule is O=C(NC1CCCCC1)C(c1ccccc1)N1CCN(Cc2ccc(O)c3ncccc23)CC1. The number of carbonyl (C=O) groups excluding carboxylic acids is 1. The first-order valence-electron chi connectivity index (χ1n) is 12.6. The largest absolute Gasteiger partial charge is 0.506 e.